The molecule has 0 bridgehead atoms. The number of benzene rings is 2. The quantitative estimate of drug-likeness (QED) is 0.115. The highest BCUT2D eigenvalue weighted by Gasteiger charge is 2.33. The third-order valence-electron chi connectivity index (χ3n) is 8.97. The molecule has 2 aromatic carbocycles. The van der Waals surface area contributed by atoms with Crippen molar-refractivity contribution in [3.8, 4) is 11.5 Å². The number of aromatic hydroxyl groups is 1. The first kappa shape index (κ1) is 40.8. The first-order valence-corrected chi connectivity index (χ1v) is 19.6. The normalized spacial score (nSPS) is 16.0. The Morgan fingerprint density at radius 1 is 0.667 bits per heavy atom. The second kappa shape index (κ2) is 15.3. The average Bonchev–Trinajstić information content (AvgIpc) is 2.91. The molecule has 2 aromatic rings. The highest BCUT2D eigenvalue weighted by molar-refractivity contribution is 8.18. The van der Waals surface area contributed by atoms with Crippen LogP contribution in [0.15, 0.2) is 34.1 Å². The van der Waals surface area contributed by atoms with E-state index in [0.717, 1.165) is 70.5 Å². The first-order valence-electron chi connectivity index (χ1n) is 17.9. The number of carbonyl (C=O) groups is 1. The number of hydrogen-bond donors (Lipinski definition) is 1. The van der Waals surface area contributed by atoms with Crippen LogP contribution < -0.4 is 4.74 Å². The van der Waals surface area contributed by atoms with Gasteiger partial charge in [-0.1, -0.05) is 96.4 Å². The monoisotopic (exact) mass is 698 g/mol. The zero-order chi connectivity index (χ0) is 36.5. The molecule has 1 aliphatic rings. The van der Waals surface area contributed by atoms with Gasteiger partial charge in [-0.3, -0.25) is 9.69 Å². The van der Waals surface area contributed by atoms with Crippen molar-refractivity contribution < 1.29 is 14.6 Å². The number of ether oxygens (including phenoxy) is 1. The van der Waals surface area contributed by atoms with Gasteiger partial charge in [0.05, 0.1) is 10.6 Å². The number of nitrogens with zero attached hydrogens (tertiary/aromatic N) is 2. The number of hydrogen-bond acceptors (Lipinski definition) is 7. The third-order valence-corrected chi connectivity index (χ3v) is 11.4. The molecule has 5 nitrogen and oxygen atoms in total. The summed E-state index contributed by atoms with van der Waals surface area (Å²) in [7, 11) is 0. The Bertz CT molecular complexity index is 1340. The number of piperazine rings is 1. The maximum atomic E-state index is 13.5. The third kappa shape index (κ3) is 11.2. The average molecular weight is 699 g/mol. The summed E-state index contributed by atoms with van der Waals surface area (Å²) in [6.45, 7) is 38.2. The summed E-state index contributed by atoms with van der Waals surface area (Å²) in [6.07, 6.45) is 2.44. The summed E-state index contributed by atoms with van der Waals surface area (Å²) in [5.41, 5.74) is 3.26. The molecule has 0 amide bonds. The van der Waals surface area contributed by atoms with E-state index in [2.05, 4.69) is 138 Å². The number of phenols is 1. The molecule has 7 heteroatoms. The van der Waals surface area contributed by atoms with Crippen molar-refractivity contribution in [3.63, 3.8) is 0 Å². The van der Waals surface area contributed by atoms with E-state index in [4.69, 9.17) is 4.74 Å². The van der Waals surface area contributed by atoms with Gasteiger partial charge in [0.25, 0.3) is 0 Å². The Kier molecular flexibility index (Phi) is 13.0. The Balaban J connectivity index is 1.94. The van der Waals surface area contributed by atoms with Crippen molar-refractivity contribution in [1.82, 2.24) is 9.80 Å². The molecule has 1 heterocycles. The van der Waals surface area contributed by atoms with Crippen LogP contribution in [0.5, 0.6) is 11.5 Å². The van der Waals surface area contributed by atoms with E-state index < -0.39 is 0 Å². The topological polar surface area (TPSA) is 53.0 Å². The van der Waals surface area contributed by atoms with Gasteiger partial charge in [0, 0.05) is 58.2 Å². The SMILES string of the molecule is CCCCN1CCN(CC(=O)Oc2c(C(C)(C)C)cc(SC(C)(C)Sc3cc(C(C)(C)C)c(O)c(C(C)(C)C)c3)cc2C(C)(C)C)CC1. The summed E-state index contributed by atoms with van der Waals surface area (Å²) in [5.74, 6) is 0.953. The molecule has 0 aliphatic carbocycles. The van der Waals surface area contributed by atoms with Crippen LogP contribution in [0, 0.1) is 0 Å². The zero-order valence-corrected chi connectivity index (χ0v) is 34.6. The molecular weight excluding hydrogens is 633 g/mol. The van der Waals surface area contributed by atoms with Gasteiger partial charge in [-0.15, -0.1) is 23.5 Å². The molecule has 0 unspecified atom stereocenters. The van der Waals surface area contributed by atoms with Crippen LogP contribution in [0.4, 0.5) is 0 Å². The number of unbranched alkanes of at least 4 members (excludes halogenated alkanes) is 1. The largest absolute Gasteiger partial charge is 0.507 e. The van der Waals surface area contributed by atoms with E-state index in [1.54, 1.807) is 0 Å². The molecule has 1 aliphatic heterocycles. The number of carbonyl (C=O) groups excluding carboxylic acids is 1. The summed E-state index contributed by atoms with van der Waals surface area (Å²) in [4.78, 5) is 20.6. The molecule has 0 spiro atoms. The predicted molar refractivity (Wildman–Crippen MR) is 209 cm³/mol. The molecule has 1 saturated heterocycles. The van der Waals surface area contributed by atoms with Gasteiger partial charge < -0.3 is 14.7 Å². The van der Waals surface area contributed by atoms with Crippen molar-refractivity contribution in [1.29, 1.82) is 0 Å². The minimum atomic E-state index is -0.228. The highest BCUT2D eigenvalue weighted by atomic mass is 32.2. The minimum absolute atomic E-state index is 0.180. The number of esters is 1. The summed E-state index contributed by atoms with van der Waals surface area (Å²) < 4.78 is 6.15. The van der Waals surface area contributed by atoms with E-state index in [1.165, 1.54) is 12.8 Å². The van der Waals surface area contributed by atoms with Gasteiger partial charge in [-0.2, -0.15) is 0 Å². The maximum Gasteiger partial charge on any atom is 0.325 e. The number of thioether (sulfide) groups is 2. The molecule has 0 aromatic heterocycles. The van der Waals surface area contributed by atoms with Crippen molar-refractivity contribution in [3.05, 3.63) is 46.5 Å². The van der Waals surface area contributed by atoms with Gasteiger partial charge in [0.2, 0.25) is 0 Å². The minimum Gasteiger partial charge on any atom is -0.507 e. The molecule has 0 atom stereocenters. The molecule has 48 heavy (non-hydrogen) atoms. The Morgan fingerprint density at radius 3 is 1.42 bits per heavy atom. The lowest BCUT2D eigenvalue weighted by Crippen LogP contribution is -2.48. The van der Waals surface area contributed by atoms with Gasteiger partial charge in [0.1, 0.15) is 11.5 Å². The Hall–Kier alpha value is -1.67. The molecule has 3 rings (SSSR count). The van der Waals surface area contributed by atoms with Crippen LogP contribution in [0.3, 0.4) is 0 Å². The van der Waals surface area contributed by atoms with Gasteiger partial charge in [0.15, 0.2) is 0 Å². The summed E-state index contributed by atoms with van der Waals surface area (Å²) >= 11 is 3.67. The highest BCUT2D eigenvalue weighted by Crippen LogP contribution is 2.51. The van der Waals surface area contributed by atoms with Crippen LogP contribution in [-0.2, 0) is 26.5 Å². The van der Waals surface area contributed by atoms with E-state index in [0.29, 0.717) is 12.3 Å². The van der Waals surface area contributed by atoms with Crippen molar-refractivity contribution >= 4 is 29.5 Å². The van der Waals surface area contributed by atoms with Crippen LogP contribution in [0.1, 0.15) is 139 Å². The van der Waals surface area contributed by atoms with Crippen molar-refractivity contribution in [2.75, 3.05) is 39.3 Å². The second-order valence-electron chi connectivity index (χ2n) is 18.3. The van der Waals surface area contributed by atoms with Crippen LogP contribution in [-0.4, -0.2) is 64.2 Å². The van der Waals surface area contributed by atoms with Crippen LogP contribution in [0.25, 0.3) is 0 Å². The summed E-state index contributed by atoms with van der Waals surface area (Å²) in [6, 6.07) is 8.84. The summed E-state index contributed by atoms with van der Waals surface area (Å²) in [5, 5.41) is 11.3. The molecular formula is C41H66N2O3S2. The lowest BCUT2D eigenvalue weighted by Gasteiger charge is -2.34. The molecule has 1 N–H and O–H groups in total. The maximum absolute atomic E-state index is 13.5. The fraction of sp³-hybridized carbons (Fsp3) is 0.683. The first-order chi connectivity index (χ1) is 21.8. The van der Waals surface area contributed by atoms with Gasteiger partial charge >= 0.3 is 5.97 Å². The predicted octanol–water partition coefficient (Wildman–Crippen LogP) is 10.5. The fourth-order valence-electron chi connectivity index (χ4n) is 6.17. The Morgan fingerprint density at radius 2 is 1.04 bits per heavy atom. The van der Waals surface area contributed by atoms with Gasteiger partial charge in [-0.25, -0.2) is 0 Å². The second-order valence-corrected chi connectivity index (χ2v) is 21.9. The number of rotatable bonds is 10. The standard InChI is InChI=1S/C41H66N2O3S2/c1-16-17-18-42-19-21-43(22-20-42)27-34(44)46-36-32(39(8,9)10)25-29(26-33(36)40(11,12)13)48-41(14,15)47-28-23-30(37(2,3)4)35(45)31(24-28)38(5,6)7/h23-26,45H,16-22,27H2,1-15H3. The van der Waals surface area contributed by atoms with E-state index >= 15 is 0 Å². The van der Waals surface area contributed by atoms with Crippen LogP contribution in [0.2, 0.25) is 0 Å². The van der Waals surface area contributed by atoms with E-state index in [9.17, 15) is 9.90 Å². The van der Waals surface area contributed by atoms with E-state index in [-0.39, 0.29) is 31.7 Å². The van der Waals surface area contributed by atoms with Crippen molar-refractivity contribution in [2.24, 2.45) is 0 Å². The van der Waals surface area contributed by atoms with E-state index in [1.807, 2.05) is 23.5 Å². The van der Waals surface area contributed by atoms with Gasteiger partial charge in [-0.05, 0) is 72.7 Å². The van der Waals surface area contributed by atoms with Crippen molar-refractivity contribution in [2.45, 2.75) is 152 Å². The lowest BCUT2D eigenvalue weighted by molar-refractivity contribution is -0.136. The fourth-order valence-corrected chi connectivity index (χ4v) is 8.75. The molecule has 270 valence electrons. The Labute approximate surface area is 302 Å². The smallest absolute Gasteiger partial charge is 0.325 e. The van der Waals surface area contributed by atoms with Crippen LogP contribution >= 0.6 is 23.5 Å². The molecule has 1 fully saturated rings. The molecule has 0 radical (unpaired) electrons. The lowest BCUT2D eigenvalue weighted by atomic mass is 9.79. The zero-order valence-electron chi connectivity index (χ0n) is 32.9. The molecule has 0 saturated carbocycles. The number of phenolic OH excluding ortho intramolecular Hbond substituents is 1.